The summed E-state index contributed by atoms with van der Waals surface area (Å²) in [4.78, 5) is 14.0. The van der Waals surface area contributed by atoms with Crippen molar-refractivity contribution in [2.45, 2.75) is 68.3 Å². The minimum atomic E-state index is -1.94. The van der Waals surface area contributed by atoms with E-state index in [-0.39, 0.29) is 11.1 Å². The number of hydrogen-bond acceptors (Lipinski definition) is 16. The summed E-state index contributed by atoms with van der Waals surface area (Å²) in [5.74, 6) is -3.15. The van der Waals surface area contributed by atoms with E-state index in [0.717, 1.165) is 24.3 Å². The van der Waals surface area contributed by atoms with Crippen LogP contribution in [0.1, 0.15) is 6.92 Å². The van der Waals surface area contributed by atoms with Crippen molar-refractivity contribution in [2.75, 3.05) is 6.61 Å². The lowest BCUT2D eigenvalue weighted by Gasteiger charge is -2.39. The van der Waals surface area contributed by atoms with E-state index in [9.17, 15) is 55.9 Å². The van der Waals surface area contributed by atoms with Gasteiger partial charge in [-0.15, -0.1) is 0 Å². The summed E-state index contributed by atoms with van der Waals surface area (Å²) in [5, 5.41) is 101. The van der Waals surface area contributed by atoms with Crippen molar-refractivity contribution in [3.63, 3.8) is 0 Å². The third-order valence-electron chi connectivity index (χ3n) is 7.27. The van der Waals surface area contributed by atoms with Gasteiger partial charge in [0.2, 0.25) is 23.8 Å². The molecule has 234 valence electrons. The van der Waals surface area contributed by atoms with Crippen LogP contribution in [0.5, 0.6) is 28.7 Å². The minimum absolute atomic E-state index is 0.0447. The van der Waals surface area contributed by atoms with Gasteiger partial charge in [-0.05, 0) is 25.1 Å². The number of phenols is 3. The molecule has 16 nitrogen and oxygen atoms in total. The van der Waals surface area contributed by atoms with Crippen LogP contribution in [0.4, 0.5) is 0 Å². The van der Waals surface area contributed by atoms with Gasteiger partial charge in [0.1, 0.15) is 65.2 Å². The van der Waals surface area contributed by atoms with Gasteiger partial charge in [0, 0.05) is 17.7 Å². The number of hydrogen-bond donors (Lipinski definition) is 10. The second-order valence-corrected chi connectivity index (χ2v) is 10.2. The van der Waals surface area contributed by atoms with Gasteiger partial charge in [0.05, 0.1) is 12.7 Å². The molecule has 0 amide bonds. The molecule has 1 aromatic heterocycles. The van der Waals surface area contributed by atoms with E-state index in [0.29, 0.717) is 0 Å². The Bertz CT molecular complexity index is 1540. The lowest BCUT2D eigenvalue weighted by molar-refractivity contribution is -0.277. The number of aliphatic hydroxyl groups is 7. The Labute approximate surface area is 241 Å². The predicted molar refractivity (Wildman–Crippen MR) is 140 cm³/mol. The van der Waals surface area contributed by atoms with Crippen LogP contribution in [0, 0.1) is 0 Å². The van der Waals surface area contributed by atoms with E-state index >= 15 is 0 Å². The molecule has 0 radical (unpaired) electrons. The molecule has 10 N–H and O–H groups in total. The molecule has 2 aromatic carbocycles. The molecule has 16 heteroatoms. The van der Waals surface area contributed by atoms with E-state index in [1.165, 1.54) is 13.0 Å². The van der Waals surface area contributed by atoms with Gasteiger partial charge in [-0.2, -0.15) is 0 Å². The summed E-state index contributed by atoms with van der Waals surface area (Å²) >= 11 is 0. The molecule has 0 bridgehead atoms. The molecule has 2 fully saturated rings. The molecule has 0 unspecified atom stereocenters. The van der Waals surface area contributed by atoms with Crippen molar-refractivity contribution < 1.29 is 74.4 Å². The number of benzene rings is 2. The molecule has 0 saturated carbocycles. The van der Waals surface area contributed by atoms with Crippen LogP contribution in [0.25, 0.3) is 22.3 Å². The summed E-state index contributed by atoms with van der Waals surface area (Å²) in [7, 11) is 0. The molecule has 2 aliphatic heterocycles. The van der Waals surface area contributed by atoms with Gasteiger partial charge in [-0.25, -0.2) is 0 Å². The molecular weight excluding hydrogens is 580 g/mol. The summed E-state index contributed by atoms with van der Waals surface area (Å²) in [5.41, 5.74) is -1.39. The first-order chi connectivity index (χ1) is 20.3. The molecular formula is C27H30O16. The number of aromatic hydroxyl groups is 3. The van der Waals surface area contributed by atoms with Gasteiger partial charge in [-0.3, -0.25) is 4.79 Å². The normalized spacial score (nSPS) is 32.9. The molecule has 3 heterocycles. The lowest BCUT2D eigenvalue weighted by Crippen LogP contribution is -2.60. The Morgan fingerprint density at radius 3 is 2.07 bits per heavy atom. The number of ether oxygens (including phenoxy) is 4. The largest absolute Gasteiger partial charge is 0.508 e. The topological polar surface area (TPSA) is 269 Å². The number of aliphatic hydroxyl groups excluding tert-OH is 7. The predicted octanol–water partition coefficient (Wildman–Crippen LogP) is -2.04. The molecule has 10 atom stereocenters. The van der Waals surface area contributed by atoms with Crippen LogP contribution in [-0.4, -0.2) is 119 Å². The van der Waals surface area contributed by atoms with Crippen LogP contribution in [-0.2, 0) is 9.47 Å². The Morgan fingerprint density at radius 1 is 0.767 bits per heavy atom. The Kier molecular flexibility index (Phi) is 8.41. The number of fused-ring (bicyclic) bond motifs is 1. The average molecular weight is 611 g/mol. The van der Waals surface area contributed by atoms with Gasteiger partial charge in [0.15, 0.2) is 17.3 Å². The standard InChI is InChI=1S/C27H30O16/c1-8-17(32)20(35)22(37)26(39-8)41-14-6-10(29)5-13-16(14)19(34)25(24(40-13)9-2-3-11(30)12(31)4-9)43-27-23(38)21(36)18(33)15(7-28)42-27/h2-6,8,15,17-18,20-23,26-33,35-38H,7H2,1H3/t8-,15-,17-,18-,20-,21-,22-,23-,26+,27-/m0/s1. The molecule has 2 aliphatic rings. The van der Waals surface area contributed by atoms with Crippen molar-refractivity contribution in [1.82, 2.24) is 0 Å². The smallest absolute Gasteiger partial charge is 0.239 e. The zero-order valence-corrected chi connectivity index (χ0v) is 22.3. The van der Waals surface area contributed by atoms with E-state index in [2.05, 4.69) is 0 Å². The van der Waals surface area contributed by atoms with Gasteiger partial charge >= 0.3 is 0 Å². The number of rotatable bonds is 6. The van der Waals surface area contributed by atoms with Crippen LogP contribution in [0.3, 0.4) is 0 Å². The van der Waals surface area contributed by atoms with E-state index in [1.54, 1.807) is 0 Å². The van der Waals surface area contributed by atoms with Gasteiger partial charge < -0.3 is 74.4 Å². The first kappa shape index (κ1) is 30.7. The maximum Gasteiger partial charge on any atom is 0.239 e. The molecule has 3 aromatic rings. The third-order valence-corrected chi connectivity index (χ3v) is 7.27. The highest BCUT2D eigenvalue weighted by Gasteiger charge is 2.46. The minimum Gasteiger partial charge on any atom is -0.508 e. The SMILES string of the molecule is C[C@@H]1O[C@H](Oc2cc(O)cc3oc(-c4ccc(O)c(O)c4)c(O[C@@H]4O[C@@H](CO)[C@H](O)[C@H](O)[C@@H]4O)c(=O)c23)[C@@H](O)[C@@H](O)[C@H]1O. The molecule has 0 aliphatic carbocycles. The summed E-state index contributed by atoms with van der Waals surface area (Å²) < 4.78 is 28.0. The summed E-state index contributed by atoms with van der Waals surface area (Å²) in [6.45, 7) is 0.604. The van der Waals surface area contributed by atoms with Crippen LogP contribution in [0.15, 0.2) is 39.5 Å². The second kappa shape index (κ2) is 11.8. The fraction of sp³-hybridized carbons (Fsp3) is 0.444. The maximum atomic E-state index is 14.0. The first-order valence-corrected chi connectivity index (χ1v) is 13.0. The van der Waals surface area contributed by atoms with Crippen molar-refractivity contribution in [3.8, 4) is 40.1 Å². The Balaban J connectivity index is 1.67. The molecule has 43 heavy (non-hydrogen) atoms. The van der Waals surface area contributed by atoms with Crippen LogP contribution in [0.2, 0.25) is 0 Å². The fourth-order valence-electron chi connectivity index (χ4n) is 4.82. The molecule has 5 rings (SSSR count). The highest BCUT2D eigenvalue weighted by atomic mass is 16.7. The molecule has 0 spiro atoms. The zero-order chi connectivity index (χ0) is 31.3. The highest BCUT2D eigenvalue weighted by molar-refractivity contribution is 5.88. The van der Waals surface area contributed by atoms with E-state index in [4.69, 9.17) is 23.4 Å². The monoisotopic (exact) mass is 610 g/mol. The van der Waals surface area contributed by atoms with Gasteiger partial charge in [0.25, 0.3) is 0 Å². The third kappa shape index (κ3) is 5.55. The fourth-order valence-corrected chi connectivity index (χ4v) is 4.82. The van der Waals surface area contributed by atoms with Crippen molar-refractivity contribution in [1.29, 1.82) is 0 Å². The van der Waals surface area contributed by atoms with Crippen molar-refractivity contribution in [2.24, 2.45) is 0 Å². The van der Waals surface area contributed by atoms with E-state index < -0.39 is 113 Å². The maximum absolute atomic E-state index is 14.0. The van der Waals surface area contributed by atoms with Crippen molar-refractivity contribution >= 4 is 11.0 Å². The quantitative estimate of drug-likeness (QED) is 0.135. The highest BCUT2D eigenvalue weighted by Crippen LogP contribution is 2.40. The lowest BCUT2D eigenvalue weighted by atomic mass is 9.99. The van der Waals surface area contributed by atoms with Crippen LogP contribution < -0.4 is 14.9 Å². The van der Waals surface area contributed by atoms with E-state index in [1.807, 2.05) is 0 Å². The number of phenolic OH excluding ortho intramolecular Hbond substituents is 3. The van der Waals surface area contributed by atoms with Gasteiger partial charge in [-0.1, -0.05) is 0 Å². The van der Waals surface area contributed by atoms with Crippen molar-refractivity contribution in [3.05, 3.63) is 40.6 Å². The molecule has 2 saturated heterocycles. The zero-order valence-electron chi connectivity index (χ0n) is 22.3. The first-order valence-electron chi connectivity index (χ1n) is 13.0. The Morgan fingerprint density at radius 2 is 1.42 bits per heavy atom. The average Bonchev–Trinajstić information content (AvgIpc) is 2.97. The second-order valence-electron chi connectivity index (χ2n) is 10.2. The van der Waals surface area contributed by atoms with Crippen LogP contribution >= 0.6 is 0 Å². The summed E-state index contributed by atoms with van der Waals surface area (Å²) in [6.07, 6.45) is -16.4. The summed E-state index contributed by atoms with van der Waals surface area (Å²) in [6, 6.07) is 5.33. The Hall–Kier alpha value is -3.71.